The van der Waals surface area contributed by atoms with Crippen LogP contribution in [-0.4, -0.2) is 37.2 Å². The highest BCUT2D eigenvalue weighted by Crippen LogP contribution is 2.19. The molecule has 1 atom stereocenters. The lowest BCUT2D eigenvalue weighted by Gasteiger charge is -2.18. The van der Waals surface area contributed by atoms with Gasteiger partial charge in [0.05, 0.1) is 0 Å². The number of unbranched alkanes of at least 4 members (excludes halogenated alkanes) is 53. The fraction of sp³-hybridized carbons (Fsp3) is 0.905. The van der Waals surface area contributed by atoms with Crippen molar-refractivity contribution in [2.24, 2.45) is 0 Å². The lowest BCUT2D eigenvalue weighted by Crippen LogP contribution is -2.30. The summed E-state index contributed by atoms with van der Waals surface area (Å²) >= 11 is 0. The van der Waals surface area contributed by atoms with Gasteiger partial charge in [0, 0.05) is 19.3 Å². The summed E-state index contributed by atoms with van der Waals surface area (Å²) in [5.41, 5.74) is 0. The number of carbonyl (C=O) groups excluding carboxylic acids is 3. The van der Waals surface area contributed by atoms with Crippen LogP contribution in [0.3, 0.4) is 0 Å². The molecule has 6 heteroatoms. The predicted molar refractivity (Wildman–Crippen MR) is 349 cm³/mol. The minimum Gasteiger partial charge on any atom is -0.462 e. The lowest BCUT2D eigenvalue weighted by molar-refractivity contribution is -0.167. The van der Waals surface area contributed by atoms with E-state index in [1.807, 2.05) is 0 Å². The average molecular weight is 1130 g/mol. The summed E-state index contributed by atoms with van der Waals surface area (Å²) < 4.78 is 17.0. The van der Waals surface area contributed by atoms with Crippen molar-refractivity contribution in [1.82, 2.24) is 0 Å². The molecule has 0 aliphatic carbocycles. The highest BCUT2D eigenvalue weighted by Gasteiger charge is 2.19. The summed E-state index contributed by atoms with van der Waals surface area (Å²) in [7, 11) is 0. The highest BCUT2D eigenvalue weighted by molar-refractivity contribution is 5.71. The van der Waals surface area contributed by atoms with Crippen LogP contribution < -0.4 is 0 Å². The second-order valence-electron chi connectivity index (χ2n) is 24.9. The van der Waals surface area contributed by atoms with Crippen molar-refractivity contribution in [2.75, 3.05) is 13.2 Å². The van der Waals surface area contributed by atoms with Crippen LogP contribution in [0.5, 0.6) is 0 Å². The Kier molecular flexibility index (Phi) is 67.6. The van der Waals surface area contributed by atoms with E-state index in [9.17, 15) is 14.4 Å². The molecule has 0 aromatic heterocycles. The number of carbonyl (C=O) groups is 3. The Morgan fingerprint density at radius 1 is 0.237 bits per heavy atom. The standard InChI is InChI=1S/C74H140O6/c1-4-7-10-13-16-19-22-25-27-29-31-33-35-37-39-41-43-45-47-49-52-55-58-61-64-67-73(76)79-70-71(69-78-72(75)66-63-60-57-54-51-24-21-18-15-12-9-6-3)80-74(77)68-65-62-59-56-53-50-48-46-44-42-40-38-36-34-32-30-28-26-23-20-17-14-11-8-5-2/h18,21,29,31,71H,4-17,19-20,22-28,30,32-70H2,1-3H3/b21-18-,31-29-. The molecule has 0 radical (unpaired) electrons. The molecule has 0 heterocycles. The summed E-state index contributed by atoms with van der Waals surface area (Å²) in [4.78, 5) is 38.4. The SMILES string of the molecule is CCCCC/C=C\CCCCCCCC(=O)OCC(COC(=O)CCCCCCCCCCCCCCC/C=C\CCCCCCCCCC)OC(=O)CCCCCCCCCCCCCCCCCCCCCCCCCCC. The first-order valence-electron chi connectivity index (χ1n) is 36.3. The number of ether oxygens (including phenoxy) is 3. The zero-order chi connectivity index (χ0) is 57.8. The van der Waals surface area contributed by atoms with Crippen molar-refractivity contribution in [2.45, 2.75) is 419 Å². The van der Waals surface area contributed by atoms with Gasteiger partial charge in [-0.15, -0.1) is 0 Å². The van der Waals surface area contributed by atoms with Crippen LogP contribution in [0.2, 0.25) is 0 Å². The van der Waals surface area contributed by atoms with E-state index in [1.165, 1.54) is 308 Å². The van der Waals surface area contributed by atoms with Crippen LogP contribution in [0.1, 0.15) is 412 Å². The van der Waals surface area contributed by atoms with E-state index in [4.69, 9.17) is 14.2 Å². The molecule has 0 aliphatic heterocycles. The van der Waals surface area contributed by atoms with Crippen LogP contribution in [0.15, 0.2) is 24.3 Å². The molecule has 0 aromatic carbocycles. The number of allylic oxidation sites excluding steroid dienone is 4. The van der Waals surface area contributed by atoms with Crippen molar-refractivity contribution in [3.05, 3.63) is 24.3 Å². The Morgan fingerprint density at radius 3 is 0.650 bits per heavy atom. The van der Waals surface area contributed by atoms with E-state index in [1.54, 1.807) is 0 Å². The van der Waals surface area contributed by atoms with Crippen molar-refractivity contribution in [1.29, 1.82) is 0 Å². The van der Waals surface area contributed by atoms with Gasteiger partial charge in [-0.2, -0.15) is 0 Å². The van der Waals surface area contributed by atoms with Crippen LogP contribution >= 0.6 is 0 Å². The molecule has 0 rings (SSSR count). The molecular formula is C74H140O6. The number of esters is 3. The second kappa shape index (κ2) is 69.4. The Hall–Kier alpha value is -2.11. The molecule has 0 bridgehead atoms. The largest absolute Gasteiger partial charge is 0.462 e. The van der Waals surface area contributed by atoms with E-state index in [2.05, 4.69) is 45.1 Å². The zero-order valence-corrected chi connectivity index (χ0v) is 54.4. The maximum atomic E-state index is 13.0. The minimum absolute atomic E-state index is 0.0683. The van der Waals surface area contributed by atoms with Gasteiger partial charge >= 0.3 is 17.9 Å². The molecule has 80 heavy (non-hydrogen) atoms. The van der Waals surface area contributed by atoms with Crippen molar-refractivity contribution < 1.29 is 28.6 Å². The maximum Gasteiger partial charge on any atom is 0.306 e. The summed E-state index contributed by atoms with van der Waals surface area (Å²) in [6, 6.07) is 0. The van der Waals surface area contributed by atoms with Crippen LogP contribution in [-0.2, 0) is 28.6 Å². The van der Waals surface area contributed by atoms with Crippen molar-refractivity contribution in [3.63, 3.8) is 0 Å². The van der Waals surface area contributed by atoms with Gasteiger partial charge in [0.1, 0.15) is 13.2 Å². The first kappa shape index (κ1) is 77.9. The van der Waals surface area contributed by atoms with E-state index >= 15 is 0 Å². The van der Waals surface area contributed by atoms with Crippen LogP contribution in [0.4, 0.5) is 0 Å². The van der Waals surface area contributed by atoms with Gasteiger partial charge in [-0.3, -0.25) is 14.4 Å². The molecule has 0 saturated carbocycles. The molecule has 0 spiro atoms. The normalized spacial score (nSPS) is 12.1. The smallest absolute Gasteiger partial charge is 0.306 e. The predicted octanol–water partition coefficient (Wildman–Crippen LogP) is 25.0. The third-order valence-electron chi connectivity index (χ3n) is 16.7. The monoisotopic (exact) mass is 1130 g/mol. The molecule has 0 fully saturated rings. The molecule has 0 aromatic rings. The Balaban J connectivity index is 4.18. The zero-order valence-electron chi connectivity index (χ0n) is 54.4. The van der Waals surface area contributed by atoms with E-state index in [0.717, 1.165) is 64.2 Å². The minimum atomic E-state index is -0.772. The van der Waals surface area contributed by atoms with Gasteiger partial charge in [0.2, 0.25) is 0 Å². The molecule has 6 nitrogen and oxygen atoms in total. The topological polar surface area (TPSA) is 78.9 Å². The fourth-order valence-corrected chi connectivity index (χ4v) is 11.2. The summed E-state index contributed by atoms with van der Waals surface area (Å²) in [5.74, 6) is -0.846. The summed E-state index contributed by atoms with van der Waals surface area (Å²) in [6.07, 6.45) is 85.1. The molecule has 0 amide bonds. The third kappa shape index (κ3) is 66.7. The fourth-order valence-electron chi connectivity index (χ4n) is 11.2. The Morgan fingerprint density at radius 2 is 0.412 bits per heavy atom. The summed E-state index contributed by atoms with van der Waals surface area (Å²) in [6.45, 7) is 6.69. The lowest BCUT2D eigenvalue weighted by atomic mass is 10.0. The maximum absolute atomic E-state index is 13.0. The van der Waals surface area contributed by atoms with Crippen molar-refractivity contribution >= 4 is 17.9 Å². The van der Waals surface area contributed by atoms with Crippen LogP contribution in [0.25, 0.3) is 0 Å². The third-order valence-corrected chi connectivity index (χ3v) is 16.7. The first-order valence-corrected chi connectivity index (χ1v) is 36.3. The Labute approximate surface area is 500 Å². The number of hydrogen-bond donors (Lipinski definition) is 0. The average Bonchev–Trinajstić information content (AvgIpc) is 3.46. The highest BCUT2D eigenvalue weighted by atomic mass is 16.6. The van der Waals surface area contributed by atoms with Gasteiger partial charge in [-0.1, -0.05) is 347 Å². The number of rotatable bonds is 68. The van der Waals surface area contributed by atoms with E-state index < -0.39 is 6.10 Å². The van der Waals surface area contributed by atoms with Crippen molar-refractivity contribution in [3.8, 4) is 0 Å². The van der Waals surface area contributed by atoms with E-state index in [-0.39, 0.29) is 31.1 Å². The van der Waals surface area contributed by atoms with Gasteiger partial charge in [0.25, 0.3) is 0 Å². The first-order chi connectivity index (χ1) is 39.5. The Bertz CT molecular complexity index is 1290. The van der Waals surface area contributed by atoms with Gasteiger partial charge in [0.15, 0.2) is 6.10 Å². The quantitative estimate of drug-likeness (QED) is 0.0261. The molecule has 0 N–H and O–H groups in total. The van der Waals surface area contributed by atoms with Gasteiger partial charge in [-0.25, -0.2) is 0 Å². The molecule has 0 aliphatic rings. The summed E-state index contributed by atoms with van der Waals surface area (Å²) in [5, 5.41) is 0. The number of hydrogen-bond acceptors (Lipinski definition) is 6. The van der Waals surface area contributed by atoms with Crippen LogP contribution in [0, 0.1) is 0 Å². The molecular weight excluding hydrogens is 985 g/mol. The molecule has 472 valence electrons. The second-order valence-corrected chi connectivity index (χ2v) is 24.9. The molecule has 1 unspecified atom stereocenters. The van der Waals surface area contributed by atoms with E-state index in [0.29, 0.717) is 19.3 Å². The van der Waals surface area contributed by atoms with Gasteiger partial charge < -0.3 is 14.2 Å². The molecule has 0 saturated heterocycles. The van der Waals surface area contributed by atoms with Gasteiger partial charge in [-0.05, 0) is 70.6 Å².